The summed E-state index contributed by atoms with van der Waals surface area (Å²) in [5.41, 5.74) is 0.276. The summed E-state index contributed by atoms with van der Waals surface area (Å²) in [6.45, 7) is 5.64. The molecule has 0 N–H and O–H groups in total. The molecule has 1 aliphatic heterocycles. The Kier molecular flexibility index (Phi) is 3.45. The molecule has 0 aromatic heterocycles. The predicted molar refractivity (Wildman–Crippen MR) is 89.8 cm³/mol. The van der Waals surface area contributed by atoms with E-state index >= 15 is 0 Å². The second-order valence-corrected chi connectivity index (χ2v) is 9.34. The lowest BCUT2D eigenvalue weighted by atomic mass is 9.47. The van der Waals surface area contributed by atoms with E-state index < -0.39 is 0 Å². The summed E-state index contributed by atoms with van der Waals surface area (Å²) in [6.07, 6.45) is 8.56. The van der Waals surface area contributed by atoms with Gasteiger partial charge in [0.2, 0.25) is 5.91 Å². The van der Waals surface area contributed by atoms with Gasteiger partial charge in [0, 0.05) is 31.8 Å². The van der Waals surface area contributed by atoms with Gasteiger partial charge in [-0.25, -0.2) is 0 Å². The molecule has 0 radical (unpaired) electrons. The highest BCUT2D eigenvalue weighted by molar-refractivity contribution is 5.87. The number of carbonyl (C=O) groups excluding carboxylic acids is 2. The van der Waals surface area contributed by atoms with Crippen LogP contribution in [-0.4, -0.2) is 30.2 Å². The molecule has 3 nitrogen and oxygen atoms in total. The highest BCUT2D eigenvalue weighted by Gasteiger charge is 2.59. The molecule has 0 unspecified atom stereocenters. The summed E-state index contributed by atoms with van der Waals surface area (Å²) in [4.78, 5) is 26.7. The number of Topliss-reactive ketones (excluding diaryl/α,β-unsaturated/α-hetero) is 1. The third kappa shape index (κ3) is 2.07. The molecule has 4 rings (SSSR count). The van der Waals surface area contributed by atoms with Crippen molar-refractivity contribution in [1.29, 1.82) is 0 Å². The van der Waals surface area contributed by atoms with Crippen molar-refractivity contribution < 1.29 is 9.59 Å². The van der Waals surface area contributed by atoms with Crippen molar-refractivity contribution in [2.75, 3.05) is 13.6 Å². The van der Waals surface area contributed by atoms with Gasteiger partial charge in [-0.2, -0.15) is 0 Å². The van der Waals surface area contributed by atoms with Crippen LogP contribution in [0, 0.1) is 34.5 Å². The molecule has 3 aliphatic carbocycles. The Morgan fingerprint density at radius 1 is 1.00 bits per heavy atom. The van der Waals surface area contributed by atoms with Gasteiger partial charge >= 0.3 is 0 Å². The summed E-state index contributed by atoms with van der Waals surface area (Å²) >= 11 is 0. The number of likely N-dealkylation sites (tertiary alicyclic amines) is 1. The average molecular weight is 317 g/mol. The second kappa shape index (κ2) is 5.07. The Morgan fingerprint density at radius 3 is 2.57 bits per heavy atom. The highest BCUT2D eigenvalue weighted by Crippen LogP contribution is 2.64. The van der Waals surface area contributed by atoms with Crippen molar-refractivity contribution >= 4 is 11.7 Å². The zero-order chi connectivity index (χ0) is 16.4. The largest absolute Gasteiger partial charge is 0.346 e. The summed E-state index contributed by atoms with van der Waals surface area (Å²) in [5, 5.41) is 0. The fourth-order valence-corrected chi connectivity index (χ4v) is 6.93. The quantitative estimate of drug-likeness (QED) is 0.683. The first kappa shape index (κ1) is 15.7. The van der Waals surface area contributed by atoms with E-state index in [0.717, 1.165) is 50.5 Å². The van der Waals surface area contributed by atoms with Crippen LogP contribution in [-0.2, 0) is 9.59 Å². The van der Waals surface area contributed by atoms with Crippen molar-refractivity contribution in [1.82, 2.24) is 4.90 Å². The number of hydrogen-bond donors (Lipinski definition) is 0. The molecular formula is C20H31NO2. The van der Waals surface area contributed by atoms with Crippen LogP contribution in [0.4, 0.5) is 0 Å². The number of carbonyl (C=O) groups is 2. The molecule has 4 fully saturated rings. The van der Waals surface area contributed by atoms with Crippen LogP contribution in [0.1, 0.15) is 65.2 Å². The first-order valence-corrected chi connectivity index (χ1v) is 9.63. The summed E-state index contributed by atoms with van der Waals surface area (Å²) in [5.74, 6) is 3.49. The maximum atomic E-state index is 12.5. The fraction of sp³-hybridized carbons (Fsp3) is 0.900. The van der Waals surface area contributed by atoms with E-state index in [9.17, 15) is 9.59 Å². The monoisotopic (exact) mass is 317 g/mol. The number of hydrogen-bond acceptors (Lipinski definition) is 2. The highest BCUT2D eigenvalue weighted by atomic mass is 16.2. The third-order valence-corrected chi connectivity index (χ3v) is 8.61. The number of fused-ring (bicyclic) bond motifs is 5. The van der Waals surface area contributed by atoms with Crippen LogP contribution in [0.5, 0.6) is 0 Å². The first-order chi connectivity index (χ1) is 10.9. The van der Waals surface area contributed by atoms with Gasteiger partial charge in [0.1, 0.15) is 5.78 Å². The molecule has 0 bridgehead atoms. The molecule has 1 amide bonds. The van der Waals surface area contributed by atoms with E-state index in [1.807, 2.05) is 11.9 Å². The van der Waals surface area contributed by atoms with Gasteiger partial charge in [-0.3, -0.25) is 9.59 Å². The van der Waals surface area contributed by atoms with E-state index in [0.29, 0.717) is 28.9 Å². The van der Waals surface area contributed by atoms with Crippen LogP contribution in [0.15, 0.2) is 0 Å². The van der Waals surface area contributed by atoms with E-state index in [1.165, 1.54) is 19.3 Å². The Morgan fingerprint density at radius 2 is 1.78 bits per heavy atom. The van der Waals surface area contributed by atoms with Gasteiger partial charge < -0.3 is 4.90 Å². The topological polar surface area (TPSA) is 37.4 Å². The van der Waals surface area contributed by atoms with Crippen molar-refractivity contribution in [3.05, 3.63) is 0 Å². The molecule has 0 spiro atoms. The van der Waals surface area contributed by atoms with E-state index in [1.54, 1.807) is 0 Å². The molecule has 0 aromatic carbocycles. The first-order valence-electron chi connectivity index (χ1n) is 9.63. The smallest absolute Gasteiger partial charge is 0.222 e. The van der Waals surface area contributed by atoms with Gasteiger partial charge in [-0.1, -0.05) is 13.8 Å². The lowest BCUT2D eigenvalue weighted by Gasteiger charge is -2.57. The van der Waals surface area contributed by atoms with Crippen LogP contribution in [0.3, 0.4) is 0 Å². The van der Waals surface area contributed by atoms with Crippen LogP contribution in [0.25, 0.3) is 0 Å². The Bertz CT molecular complexity index is 544. The molecular weight excluding hydrogens is 286 g/mol. The molecule has 1 heterocycles. The zero-order valence-electron chi connectivity index (χ0n) is 14.9. The standard InChI is InChI=1S/C20H31NO2/c1-19-10-11-21(3)18(23)12-13(19)4-5-14-15-6-7-17(22)20(15,2)9-8-16(14)19/h13-16H,4-12H2,1-3H3/t13-,14-,15-,16-,19-,20-/m0/s1. The predicted octanol–water partition coefficient (Wildman–Crippen LogP) is 3.67. The molecule has 4 aliphatic rings. The van der Waals surface area contributed by atoms with Gasteiger partial charge in [-0.05, 0) is 67.6 Å². The minimum atomic E-state index is -0.0261. The van der Waals surface area contributed by atoms with Crippen molar-refractivity contribution in [3.8, 4) is 0 Å². The fourth-order valence-electron chi connectivity index (χ4n) is 6.93. The number of amides is 1. The van der Waals surface area contributed by atoms with Crippen LogP contribution >= 0.6 is 0 Å². The second-order valence-electron chi connectivity index (χ2n) is 9.34. The summed E-state index contributed by atoms with van der Waals surface area (Å²) in [7, 11) is 1.97. The lowest BCUT2D eigenvalue weighted by molar-refractivity contribution is -0.137. The van der Waals surface area contributed by atoms with Crippen molar-refractivity contribution in [2.24, 2.45) is 34.5 Å². The molecule has 1 saturated heterocycles. The SMILES string of the molecule is CN1CC[C@@]2(C)[C@@H](CC[C@@H]3[C@@H]2CC[C@]2(C)C(=O)CC[C@@H]32)CC1=O. The van der Waals surface area contributed by atoms with Crippen molar-refractivity contribution in [3.63, 3.8) is 0 Å². The average Bonchev–Trinajstić information content (AvgIpc) is 2.77. The zero-order valence-corrected chi connectivity index (χ0v) is 14.9. The minimum absolute atomic E-state index is 0.0261. The number of ketones is 1. The minimum Gasteiger partial charge on any atom is -0.346 e. The van der Waals surface area contributed by atoms with Crippen LogP contribution < -0.4 is 0 Å². The molecule has 0 aromatic rings. The lowest BCUT2D eigenvalue weighted by Crippen LogP contribution is -2.52. The summed E-state index contributed by atoms with van der Waals surface area (Å²) in [6, 6.07) is 0. The molecule has 3 heteroatoms. The maximum Gasteiger partial charge on any atom is 0.222 e. The van der Waals surface area contributed by atoms with Gasteiger partial charge in [0.15, 0.2) is 0 Å². The summed E-state index contributed by atoms with van der Waals surface area (Å²) < 4.78 is 0. The molecule has 6 atom stereocenters. The molecule has 3 saturated carbocycles. The van der Waals surface area contributed by atoms with E-state index in [4.69, 9.17) is 0 Å². The molecule has 23 heavy (non-hydrogen) atoms. The maximum absolute atomic E-state index is 12.5. The molecule has 128 valence electrons. The Balaban J connectivity index is 1.65. The Labute approximate surface area is 140 Å². The Hall–Kier alpha value is -0.860. The van der Waals surface area contributed by atoms with Crippen LogP contribution in [0.2, 0.25) is 0 Å². The van der Waals surface area contributed by atoms with Gasteiger partial charge in [0.25, 0.3) is 0 Å². The van der Waals surface area contributed by atoms with E-state index in [2.05, 4.69) is 13.8 Å². The number of rotatable bonds is 0. The van der Waals surface area contributed by atoms with Gasteiger partial charge in [0.05, 0.1) is 0 Å². The van der Waals surface area contributed by atoms with Gasteiger partial charge in [-0.15, -0.1) is 0 Å². The normalized spacial score (nSPS) is 50.1. The van der Waals surface area contributed by atoms with Crippen molar-refractivity contribution in [2.45, 2.75) is 65.2 Å². The van der Waals surface area contributed by atoms with E-state index in [-0.39, 0.29) is 5.41 Å². The third-order valence-electron chi connectivity index (χ3n) is 8.61. The number of nitrogens with zero attached hydrogens (tertiary/aromatic N) is 1.